The molecule has 1 aromatic carbocycles. The van der Waals surface area contributed by atoms with Crippen molar-refractivity contribution in [1.29, 1.82) is 0 Å². The third-order valence-corrected chi connectivity index (χ3v) is 5.56. The number of hydrogen-bond acceptors (Lipinski definition) is 9. The molecule has 0 atom stereocenters. The molecule has 0 aromatic heterocycles. The molecule has 0 radical (unpaired) electrons. The number of hydrogen-bond donors (Lipinski definition) is 0. The standard InChI is InChI=1S/C25H40N2O7/c1-2-11-32-23-3-4-24-25(22-23)34-17-10-27-7-14-30-20-18-28-12-5-26(9-16-33-24)6-13-29-19-21-31-15-8-27/h2-4,22H,1,5-21H2. The van der Waals surface area contributed by atoms with E-state index < -0.39 is 0 Å². The van der Waals surface area contributed by atoms with Gasteiger partial charge in [-0.05, 0) is 12.1 Å². The Morgan fingerprint density at radius 1 is 0.647 bits per heavy atom. The topological polar surface area (TPSA) is 71.1 Å². The maximum absolute atomic E-state index is 6.17. The minimum Gasteiger partial charge on any atom is -0.489 e. The summed E-state index contributed by atoms with van der Waals surface area (Å²) in [7, 11) is 0. The summed E-state index contributed by atoms with van der Waals surface area (Å²) in [6.45, 7) is 14.8. The van der Waals surface area contributed by atoms with E-state index in [1.807, 2.05) is 18.2 Å². The first-order valence-electron chi connectivity index (χ1n) is 12.2. The Labute approximate surface area is 203 Å². The van der Waals surface area contributed by atoms with Crippen LogP contribution in [0.15, 0.2) is 30.9 Å². The zero-order valence-corrected chi connectivity index (χ0v) is 20.3. The molecule has 0 aliphatic carbocycles. The Morgan fingerprint density at radius 2 is 1.12 bits per heavy atom. The largest absolute Gasteiger partial charge is 0.489 e. The second-order valence-electron chi connectivity index (χ2n) is 8.04. The van der Waals surface area contributed by atoms with Gasteiger partial charge in [-0.15, -0.1) is 0 Å². The molecule has 2 bridgehead atoms. The van der Waals surface area contributed by atoms with Crippen LogP contribution in [0.5, 0.6) is 17.2 Å². The first kappa shape index (κ1) is 26.7. The van der Waals surface area contributed by atoms with E-state index in [4.69, 9.17) is 33.2 Å². The molecule has 3 aliphatic heterocycles. The number of ether oxygens (including phenoxy) is 7. The summed E-state index contributed by atoms with van der Waals surface area (Å²) in [5.41, 5.74) is 0. The van der Waals surface area contributed by atoms with E-state index in [0.29, 0.717) is 84.2 Å². The molecule has 0 saturated carbocycles. The van der Waals surface area contributed by atoms with Crippen molar-refractivity contribution in [3.63, 3.8) is 0 Å². The van der Waals surface area contributed by atoms with Crippen molar-refractivity contribution in [3.05, 3.63) is 30.9 Å². The fraction of sp³-hybridized carbons (Fsp3) is 0.680. The van der Waals surface area contributed by atoms with Gasteiger partial charge in [-0.1, -0.05) is 12.7 Å². The van der Waals surface area contributed by atoms with Crippen LogP contribution >= 0.6 is 0 Å². The molecule has 0 spiro atoms. The molecule has 3 heterocycles. The number of rotatable bonds is 3. The Hall–Kier alpha value is -1.88. The van der Waals surface area contributed by atoms with E-state index in [1.54, 1.807) is 6.08 Å². The van der Waals surface area contributed by atoms with Crippen molar-refractivity contribution in [3.8, 4) is 17.2 Å². The first-order valence-corrected chi connectivity index (χ1v) is 12.2. The van der Waals surface area contributed by atoms with Crippen molar-refractivity contribution in [2.75, 3.05) is 112 Å². The number of benzene rings is 1. The van der Waals surface area contributed by atoms with Crippen molar-refractivity contribution in [2.24, 2.45) is 0 Å². The van der Waals surface area contributed by atoms with Crippen LogP contribution in [0.25, 0.3) is 0 Å². The lowest BCUT2D eigenvalue weighted by Crippen LogP contribution is -2.36. The normalized spacial score (nSPS) is 24.6. The predicted molar refractivity (Wildman–Crippen MR) is 129 cm³/mol. The van der Waals surface area contributed by atoms with E-state index in [-0.39, 0.29) is 0 Å². The summed E-state index contributed by atoms with van der Waals surface area (Å²) in [5.74, 6) is 2.11. The Bertz CT molecular complexity index is 671. The van der Waals surface area contributed by atoms with Crippen LogP contribution in [0.1, 0.15) is 0 Å². The van der Waals surface area contributed by atoms with Gasteiger partial charge in [0.1, 0.15) is 25.6 Å². The molecule has 0 N–H and O–H groups in total. The first-order chi connectivity index (χ1) is 16.8. The monoisotopic (exact) mass is 480 g/mol. The molecule has 192 valence electrons. The van der Waals surface area contributed by atoms with Crippen molar-refractivity contribution in [1.82, 2.24) is 9.80 Å². The average Bonchev–Trinajstić information content (AvgIpc) is 2.84. The average molecular weight is 481 g/mol. The van der Waals surface area contributed by atoms with E-state index in [1.165, 1.54) is 0 Å². The maximum atomic E-state index is 6.17. The minimum atomic E-state index is 0.437. The lowest BCUT2D eigenvalue weighted by molar-refractivity contribution is 0.00505. The number of nitrogens with zero attached hydrogens (tertiary/aromatic N) is 2. The van der Waals surface area contributed by atoms with Crippen LogP contribution in [-0.2, 0) is 18.9 Å². The van der Waals surface area contributed by atoms with Gasteiger partial charge in [-0.3, -0.25) is 9.80 Å². The number of fused-ring (bicyclic) bond motifs is 18. The molecule has 9 nitrogen and oxygen atoms in total. The molecule has 3 aliphatic rings. The Balaban J connectivity index is 1.73. The van der Waals surface area contributed by atoms with Gasteiger partial charge >= 0.3 is 0 Å². The van der Waals surface area contributed by atoms with Crippen LogP contribution in [-0.4, -0.2) is 122 Å². The molecule has 9 heteroatoms. The van der Waals surface area contributed by atoms with Gasteiger partial charge in [-0.2, -0.15) is 0 Å². The van der Waals surface area contributed by atoms with Crippen LogP contribution < -0.4 is 14.2 Å². The van der Waals surface area contributed by atoms with Crippen LogP contribution in [0.4, 0.5) is 0 Å². The quantitative estimate of drug-likeness (QED) is 0.601. The highest BCUT2D eigenvalue weighted by Crippen LogP contribution is 2.31. The van der Waals surface area contributed by atoms with Crippen molar-refractivity contribution in [2.45, 2.75) is 0 Å². The fourth-order valence-electron chi connectivity index (χ4n) is 3.62. The smallest absolute Gasteiger partial charge is 0.164 e. The second-order valence-corrected chi connectivity index (χ2v) is 8.04. The summed E-state index contributed by atoms with van der Waals surface area (Å²) in [5, 5.41) is 0. The van der Waals surface area contributed by atoms with Gasteiger partial charge < -0.3 is 33.2 Å². The molecule has 0 amide bonds. The Morgan fingerprint density at radius 3 is 1.62 bits per heavy atom. The van der Waals surface area contributed by atoms with E-state index in [0.717, 1.165) is 45.0 Å². The summed E-state index contributed by atoms with van der Waals surface area (Å²) < 4.78 is 41.1. The molecule has 1 saturated heterocycles. The van der Waals surface area contributed by atoms with Gasteiger partial charge in [-0.25, -0.2) is 0 Å². The fourth-order valence-corrected chi connectivity index (χ4v) is 3.62. The van der Waals surface area contributed by atoms with Gasteiger partial charge in [0.25, 0.3) is 0 Å². The highest BCUT2D eigenvalue weighted by molar-refractivity contribution is 5.45. The molecule has 1 aromatic rings. The molecule has 0 unspecified atom stereocenters. The summed E-state index contributed by atoms with van der Waals surface area (Å²) in [6.07, 6.45) is 1.72. The molecule has 34 heavy (non-hydrogen) atoms. The molecule has 1 fully saturated rings. The van der Waals surface area contributed by atoms with Crippen LogP contribution in [0, 0.1) is 0 Å². The zero-order valence-electron chi connectivity index (χ0n) is 20.3. The lowest BCUT2D eigenvalue weighted by Gasteiger charge is -2.25. The van der Waals surface area contributed by atoms with E-state index in [9.17, 15) is 0 Å². The summed E-state index contributed by atoms with van der Waals surface area (Å²) >= 11 is 0. The van der Waals surface area contributed by atoms with E-state index in [2.05, 4.69) is 16.4 Å². The lowest BCUT2D eigenvalue weighted by atomic mass is 10.3. The highest BCUT2D eigenvalue weighted by Gasteiger charge is 2.13. The summed E-state index contributed by atoms with van der Waals surface area (Å²) in [6, 6.07) is 5.68. The van der Waals surface area contributed by atoms with Gasteiger partial charge in [0.2, 0.25) is 0 Å². The SMILES string of the molecule is C=CCOc1ccc2c(c1)OCCN1CCOCCOCCN(CCOCCOCC1)CCO2. The van der Waals surface area contributed by atoms with Crippen LogP contribution in [0.3, 0.4) is 0 Å². The Kier molecular flexibility index (Phi) is 13.1. The zero-order chi connectivity index (χ0) is 23.7. The van der Waals surface area contributed by atoms with Crippen LogP contribution in [0.2, 0.25) is 0 Å². The van der Waals surface area contributed by atoms with Crippen molar-refractivity contribution < 1.29 is 33.2 Å². The third kappa shape index (κ3) is 10.6. The minimum absolute atomic E-state index is 0.437. The summed E-state index contributed by atoms with van der Waals surface area (Å²) in [4.78, 5) is 4.57. The second kappa shape index (κ2) is 16.7. The molecular weight excluding hydrogens is 440 g/mol. The molecular formula is C25H40N2O7. The van der Waals surface area contributed by atoms with Gasteiger partial charge in [0, 0.05) is 45.3 Å². The highest BCUT2D eigenvalue weighted by atomic mass is 16.5. The van der Waals surface area contributed by atoms with Crippen molar-refractivity contribution >= 4 is 0 Å². The predicted octanol–water partition coefficient (Wildman–Crippen LogP) is 1.71. The third-order valence-electron chi connectivity index (χ3n) is 5.56. The van der Waals surface area contributed by atoms with Gasteiger partial charge in [0.15, 0.2) is 11.5 Å². The van der Waals surface area contributed by atoms with Gasteiger partial charge in [0.05, 0.1) is 52.9 Å². The maximum Gasteiger partial charge on any atom is 0.164 e. The van der Waals surface area contributed by atoms with E-state index >= 15 is 0 Å². The molecule has 4 rings (SSSR count).